The molecule has 0 aliphatic heterocycles. The molecule has 4 heteroatoms. The topological polar surface area (TPSA) is 20.3 Å². The van der Waals surface area contributed by atoms with Gasteiger partial charge in [-0.15, -0.1) is 17.0 Å². The lowest BCUT2D eigenvalue weighted by Crippen LogP contribution is -2.16. The lowest BCUT2D eigenvalue weighted by molar-refractivity contribution is 0.0972. The summed E-state index contributed by atoms with van der Waals surface area (Å²) in [6.45, 7) is 0.779. The van der Waals surface area contributed by atoms with E-state index in [9.17, 15) is 4.79 Å². The van der Waals surface area contributed by atoms with Crippen LogP contribution in [0.15, 0.2) is 24.3 Å². The molecular formula is C11H15BrClNO. The maximum Gasteiger partial charge on any atom is 0.164 e. The molecule has 0 fully saturated rings. The predicted octanol–water partition coefficient (Wildman–Crippen LogP) is 3.05. The van der Waals surface area contributed by atoms with E-state index in [1.165, 1.54) is 0 Å². The van der Waals surface area contributed by atoms with E-state index in [2.05, 4.69) is 0 Å². The molecule has 0 radical (unpaired) electrons. The maximum atomic E-state index is 11.6. The minimum atomic E-state index is 0. The number of hydrogen-bond donors (Lipinski definition) is 0. The molecule has 0 atom stereocenters. The van der Waals surface area contributed by atoms with Gasteiger partial charge in [-0.05, 0) is 38.4 Å². The van der Waals surface area contributed by atoms with Crippen LogP contribution >= 0.6 is 28.6 Å². The van der Waals surface area contributed by atoms with Crippen LogP contribution in [0, 0.1) is 0 Å². The van der Waals surface area contributed by atoms with E-state index >= 15 is 0 Å². The summed E-state index contributed by atoms with van der Waals surface area (Å²) in [5.74, 6) is 0.162. The normalized spacial score (nSPS) is 9.87. The fourth-order valence-electron chi connectivity index (χ4n) is 1.11. The second kappa shape index (κ2) is 6.99. The summed E-state index contributed by atoms with van der Waals surface area (Å²) in [7, 11) is 3.91. The summed E-state index contributed by atoms with van der Waals surface area (Å²) in [4.78, 5) is 13.6. The minimum Gasteiger partial charge on any atom is -0.309 e. The first-order valence-corrected chi connectivity index (χ1v) is 4.91. The largest absolute Gasteiger partial charge is 0.309 e. The molecule has 0 bridgehead atoms. The standard InChI is InChI=1S/C11H14ClNO.BrH/c1-13(2)8-7-11(14)9-3-5-10(12)6-4-9;/h3-6H,7-8H2,1-2H3;1H. The van der Waals surface area contributed by atoms with Gasteiger partial charge in [-0.3, -0.25) is 4.79 Å². The van der Waals surface area contributed by atoms with E-state index in [1.807, 2.05) is 19.0 Å². The first kappa shape index (κ1) is 14.6. The number of hydrogen-bond acceptors (Lipinski definition) is 2. The zero-order valence-electron chi connectivity index (χ0n) is 8.87. The first-order chi connectivity index (χ1) is 6.59. The van der Waals surface area contributed by atoms with Crippen molar-refractivity contribution in [2.24, 2.45) is 0 Å². The minimum absolute atomic E-state index is 0. The third kappa shape index (κ3) is 5.30. The van der Waals surface area contributed by atoms with Gasteiger partial charge in [0.1, 0.15) is 0 Å². The second-order valence-electron chi connectivity index (χ2n) is 3.48. The van der Waals surface area contributed by atoms with Gasteiger partial charge >= 0.3 is 0 Å². The quantitative estimate of drug-likeness (QED) is 0.795. The number of rotatable bonds is 4. The molecule has 0 spiro atoms. The van der Waals surface area contributed by atoms with E-state index < -0.39 is 0 Å². The zero-order chi connectivity index (χ0) is 10.6. The molecule has 15 heavy (non-hydrogen) atoms. The van der Waals surface area contributed by atoms with E-state index in [0.717, 1.165) is 12.1 Å². The molecule has 0 N–H and O–H groups in total. The fraction of sp³-hybridized carbons (Fsp3) is 0.364. The average molecular weight is 293 g/mol. The molecule has 0 saturated carbocycles. The summed E-state index contributed by atoms with van der Waals surface area (Å²) < 4.78 is 0. The Morgan fingerprint density at radius 2 is 1.80 bits per heavy atom. The molecule has 1 aromatic rings. The van der Waals surface area contributed by atoms with Crippen LogP contribution in [0.2, 0.25) is 5.02 Å². The van der Waals surface area contributed by atoms with Crippen LogP contribution in [0.25, 0.3) is 0 Å². The Kier molecular flexibility index (Phi) is 6.81. The van der Waals surface area contributed by atoms with Crippen molar-refractivity contribution in [1.29, 1.82) is 0 Å². The molecule has 0 heterocycles. The van der Waals surface area contributed by atoms with Gasteiger partial charge in [0.2, 0.25) is 0 Å². The van der Waals surface area contributed by atoms with Crippen LogP contribution in [-0.4, -0.2) is 31.3 Å². The van der Waals surface area contributed by atoms with Crippen LogP contribution in [0.5, 0.6) is 0 Å². The molecule has 0 unspecified atom stereocenters. The summed E-state index contributed by atoms with van der Waals surface area (Å²) in [6.07, 6.45) is 0.550. The molecule has 0 aliphatic rings. The number of carbonyl (C=O) groups excluding carboxylic acids is 1. The lowest BCUT2D eigenvalue weighted by atomic mass is 10.1. The van der Waals surface area contributed by atoms with Crippen LogP contribution in [-0.2, 0) is 0 Å². The number of halogens is 2. The Morgan fingerprint density at radius 3 is 2.27 bits per heavy atom. The fourth-order valence-corrected chi connectivity index (χ4v) is 1.23. The zero-order valence-corrected chi connectivity index (χ0v) is 11.3. The van der Waals surface area contributed by atoms with Crippen molar-refractivity contribution >= 4 is 34.4 Å². The predicted molar refractivity (Wildman–Crippen MR) is 69.3 cm³/mol. The molecule has 0 aromatic heterocycles. The maximum absolute atomic E-state index is 11.6. The van der Waals surface area contributed by atoms with E-state index in [1.54, 1.807) is 24.3 Å². The van der Waals surface area contributed by atoms with E-state index in [0.29, 0.717) is 11.4 Å². The molecule has 1 rings (SSSR count). The van der Waals surface area contributed by atoms with Crippen molar-refractivity contribution in [3.8, 4) is 0 Å². The van der Waals surface area contributed by atoms with Gasteiger partial charge in [0, 0.05) is 23.6 Å². The highest BCUT2D eigenvalue weighted by molar-refractivity contribution is 8.93. The van der Waals surface area contributed by atoms with Gasteiger partial charge in [0.15, 0.2) is 5.78 Å². The van der Waals surface area contributed by atoms with Gasteiger partial charge in [0.25, 0.3) is 0 Å². The Hall–Kier alpha value is -0.380. The van der Waals surface area contributed by atoms with Crippen molar-refractivity contribution in [1.82, 2.24) is 4.90 Å². The Balaban J connectivity index is 0.00000196. The van der Waals surface area contributed by atoms with Crippen molar-refractivity contribution < 1.29 is 4.79 Å². The van der Waals surface area contributed by atoms with Crippen molar-refractivity contribution in [2.45, 2.75) is 6.42 Å². The van der Waals surface area contributed by atoms with Gasteiger partial charge in [-0.25, -0.2) is 0 Å². The molecule has 84 valence electrons. The average Bonchev–Trinajstić information content (AvgIpc) is 2.15. The van der Waals surface area contributed by atoms with Gasteiger partial charge in [-0.1, -0.05) is 11.6 Å². The molecule has 0 amide bonds. The Morgan fingerprint density at radius 1 is 1.27 bits per heavy atom. The number of carbonyl (C=O) groups is 1. The van der Waals surface area contributed by atoms with Crippen LogP contribution < -0.4 is 0 Å². The smallest absolute Gasteiger partial charge is 0.164 e. The second-order valence-corrected chi connectivity index (χ2v) is 3.92. The van der Waals surface area contributed by atoms with Gasteiger partial charge < -0.3 is 4.90 Å². The summed E-state index contributed by atoms with van der Waals surface area (Å²) in [5, 5.41) is 0.661. The monoisotopic (exact) mass is 291 g/mol. The third-order valence-electron chi connectivity index (χ3n) is 1.95. The summed E-state index contributed by atoms with van der Waals surface area (Å²) >= 11 is 5.72. The lowest BCUT2D eigenvalue weighted by Gasteiger charge is -2.08. The summed E-state index contributed by atoms with van der Waals surface area (Å²) in [6, 6.07) is 7.01. The summed E-state index contributed by atoms with van der Waals surface area (Å²) in [5.41, 5.74) is 0.733. The Labute approximate surface area is 106 Å². The highest BCUT2D eigenvalue weighted by Gasteiger charge is 2.05. The molecule has 2 nitrogen and oxygen atoms in total. The number of ketones is 1. The number of nitrogens with zero attached hydrogens (tertiary/aromatic N) is 1. The first-order valence-electron chi connectivity index (χ1n) is 4.53. The highest BCUT2D eigenvalue weighted by Crippen LogP contribution is 2.11. The van der Waals surface area contributed by atoms with Crippen LogP contribution in [0.1, 0.15) is 16.8 Å². The molecule has 1 aromatic carbocycles. The molecular weight excluding hydrogens is 277 g/mol. The van der Waals surface area contributed by atoms with Crippen molar-refractivity contribution in [2.75, 3.05) is 20.6 Å². The van der Waals surface area contributed by atoms with Crippen LogP contribution in [0.4, 0.5) is 0 Å². The van der Waals surface area contributed by atoms with E-state index in [-0.39, 0.29) is 22.8 Å². The van der Waals surface area contributed by atoms with Crippen LogP contribution in [0.3, 0.4) is 0 Å². The SMILES string of the molecule is Br.CN(C)CCC(=O)c1ccc(Cl)cc1. The van der Waals surface area contributed by atoms with Gasteiger partial charge in [0.05, 0.1) is 0 Å². The van der Waals surface area contributed by atoms with E-state index in [4.69, 9.17) is 11.6 Å². The number of benzene rings is 1. The number of Topliss-reactive ketones (excluding diaryl/α,β-unsaturated/α-hetero) is 1. The molecule has 0 aliphatic carbocycles. The van der Waals surface area contributed by atoms with Crippen molar-refractivity contribution in [3.63, 3.8) is 0 Å². The molecule has 0 saturated heterocycles. The Bertz CT molecular complexity index is 311. The van der Waals surface area contributed by atoms with Gasteiger partial charge in [-0.2, -0.15) is 0 Å². The highest BCUT2D eigenvalue weighted by atomic mass is 79.9. The van der Waals surface area contributed by atoms with Crippen molar-refractivity contribution in [3.05, 3.63) is 34.9 Å². The third-order valence-corrected chi connectivity index (χ3v) is 2.20.